The molecule has 104 valence electrons. The largest absolute Gasteiger partial charge is 0.495 e. The third-order valence-electron chi connectivity index (χ3n) is 2.35. The van der Waals surface area contributed by atoms with E-state index in [1.54, 1.807) is 18.2 Å². The Labute approximate surface area is 115 Å². The molecule has 0 spiro atoms. The normalized spacial score (nSPS) is 11.5. The Kier molecular flexibility index (Phi) is 5.44. The van der Waals surface area contributed by atoms with Crippen LogP contribution in [-0.4, -0.2) is 36.7 Å². The van der Waals surface area contributed by atoms with Crippen molar-refractivity contribution in [3.8, 4) is 5.75 Å². The summed E-state index contributed by atoms with van der Waals surface area (Å²) in [6.07, 6.45) is 0. The topological polar surface area (TPSA) is 87.7 Å². The van der Waals surface area contributed by atoms with Crippen LogP contribution in [0.4, 0.5) is 5.69 Å². The number of rotatable bonds is 6. The van der Waals surface area contributed by atoms with Crippen LogP contribution in [0.3, 0.4) is 0 Å². The molecule has 0 aromatic heterocycles. The number of benzene rings is 1. The van der Waals surface area contributed by atoms with Crippen LogP contribution < -0.4 is 15.4 Å². The van der Waals surface area contributed by atoms with Crippen molar-refractivity contribution in [1.82, 2.24) is 5.32 Å². The molecule has 0 bridgehead atoms. The molecule has 1 aromatic rings. The standard InChI is InChI=1S/C12H15ClN2O4/c1-7(12(17)18)15-11(16)6-14-9-5-8(13)3-4-10(9)19-2/h3-5,7,14H,6H2,1-2H3,(H,15,16)(H,17,18). The molecule has 19 heavy (non-hydrogen) atoms. The van der Waals surface area contributed by atoms with E-state index in [4.69, 9.17) is 21.4 Å². The summed E-state index contributed by atoms with van der Waals surface area (Å²) in [4.78, 5) is 22.1. The molecular formula is C12H15ClN2O4. The summed E-state index contributed by atoms with van der Waals surface area (Å²) in [5, 5.41) is 14.3. The first kappa shape index (κ1) is 15.1. The number of amides is 1. The fraction of sp³-hybridized carbons (Fsp3) is 0.333. The Morgan fingerprint density at radius 2 is 2.16 bits per heavy atom. The van der Waals surface area contributed by atoms with E-state index in [-0.39, 0.29) is 6.54 Å². The number of carboxylic acid groups (broad SMARTS) is 1. The van der Waals surface area contributed by atoms with E-state index >= 15 is 0 Å². The molecule has 1 amide bonds. The van der Waals surface area contributed by atoms with Crippen molar-refractivity contribution in [2.24, 2.45) is 0 Å². The molecule has 6 nitrogen and oxygen atoms in total. The van der Waals surface area contributed by atoms with Gasteiger partial charge in [-0.2, -0.15) is 0 Å². The van der Waals surface area contributed by atoms with Crippen molar-refractivity contribution in [1.29, 1.82) is 0 Å². The van der Waals surface area contributed by atoms with Crippen molar-refractivity contribution in [2.45, 2.75) is 13.0 Å². The van der Waals surface area contributed by atoms with Gasteiger partial charge in [-0.05, 0) is 25.1 Å². The zero-order valence-corrected chi connectivity index (χ0v) is 11.3. The van der Waals surface area contributed by atoms with Crippen LogP contribution in [-0.2, 0) is 9.59 Å². The van der Waals surface area contributed by atoms with Crippen LogP contribution in [0.25, 0.3) is 0 Å². The first-order valence-corrected chi connectivity index (χ1v) is 5.91. The number of anilines is 1. The average molecular weight is 287 g/mol. The summed E-state index contributed by atoms with van der Waals surface area (Å²) in [6.45, 7) is 1.31. The van der Waals surface area contributed by atoms with Crippen LogP contribution in [0, 0.1) is 0 Å². The molecule has 0 aliphatic carbocycles. The lowest BCUT2D eigenvalue weighted by molar-refractivity contribution is -0.141. The predicted molar refractivity (Wildman–Crippen MR) is 71.7 cm³/mol. The maximum atomic E-state index is 11.5. The number of carbonyl (C=O) groups excluding carboxylic acids is 1. The predicted octanol–water partition coefficient (Wildman–Crippen LogP) is 1.35. The molecule has 1 unspecified atom stereocenters. The summed E-state index contributed by atoms with van der Waals surface area (Å²) in [5.74, 6) is -0.978. The van der Waals surface area contributed by atoms with Gasteiger partial charge < -0.3 is 20.5 Å². The fourth-order valence-corrected chi connectivity index (χ4v) is 1.52. The molecule has 0 aliphatic heterocycles. The maximum absolute atomic E-state index is 11.5. The second-order valence-corrected chi connectivity index (χ2v) is 4.26. The molecular weight excluding hydrogens is 272 g/mol. The van der Waals surface area contributed by atoms with E-state index in [9.17, 15) is 9.59 Å². The lowest BCUT2D eigenvalue weighted by Gasteiger charge is -2.13. The minimum absolute atomic E-state index is 0.0751. The van der Waals surface area contributed by atoms with Crippen molar-refractivity contribution in [2.75, 3.05) is 19.0 Å². The van der Waals surface area contributed by atoms with Gasteiger partial charge in [-0.25, -0.2) is 0 Å². The van der Waals surface area contributed by atoms with Crippen LogP contribution in [0.1, 0.15) is 6.92 Å². The Bertz CT molecular complexity index is 479. The van der Waals surface area contributed by atoms with Crippen molar-refractivity contribution in [3.05, 3.63) is 23.2 Å². The number of aliphatic carboxylic acids is 1. The third kappa shape index (κ3) is 4.67. The number of hydrogen-bond acceptors (Lipinski definition) is 4. The van der Waals surface area contributed by atoms with E-state index in [2.05, 4.69) is 10.6 Å². The fourth-order valence-electron chi connectivity index (χ4n) is 1.35. The molecule has 1 rings (SSSR count). The van der Waals surface area contributed by atoms with Gasteiger partial charge in [0.15, 0.2) is 0 Å². The molecule has 7 heteroatoms. The van der Waals surface area contributed by atoms with Crippen LogP contribution in [0.2, 0.25) is 5.02 Å². The highest BCUT2D eigenvalue weighted by Crippen LogP contribution is 2.27. The first-order valence-electron chi connectivity index (χ1n) is 5.53. The number of methoxy groups -OCH3 is 1. The zero-order valence-electron chi connectivity index (χ0n) is 10.6. The summed E-state index contributed by atoms with van der Waals surface area (Å²) >= 11 is 5.84. The van der Waals surface area contributed by atoms with Crippen molar-refractivity contribution < 1.29 is 19.4 Å². The summed E-state index contributed by atoms with van der Waals surface area (Å²) < 4.78 is 5.10. The average Bonchev–Trinajstić information content (AvgIpc) is 2.36. The number of halogens is 1. The molecule has 3 N–H and O–H groups in total. The highest BCUT2D eigenvalue weighted by Gasteiger charge is 2.14. The van der Waals surface area contributed by atoms with Crippen molar-refractivity contribution >= 4 is 29.2 Å². The van der Waals surface area contributed by atoms with Gasteiger partial charge in [0.25, 0.3) is 0 Å². The minimum atomic E-state index is -1.09. The van der Waals surface area contributed by atoms with Gasteiger partial charge in [-0.3, -0.25) is 9.59 Å². The van der Waals surface area contributed by atoms with Gasteiger partial charge in [0, 0.05) is 5.02 Å². The van der Waals surface area contributed by atoms with E-state index < -0.39 is 17.9 Å². The number of hydrogen-bond donors (Lipinski definition) is 3. The Balaban J connectivity index is 2.59. The van der Waals surface area contributed by atoms with Gasteiger partial charge in [-0.1, -0.05) is 11.6 Å². The Hall–Kier alpha value is -1.95. The molecule has 0 radical (unpaired) electrons. The number of nitrogens with one attached hydrogen (secondary N) is 2. The highest BCUT2D eigenvalue weighted by molar-refractivity contribution is 6.30. The Morgan fingerprint density at radius 3 is 2.74 bits per heavy atom. The SMILES string of the molecule is COc1ccc(Cl)cc1NCC(=O)NC(C)C(=O)O. The minimum Gasteiger partial charge on any atom is -0.495 e. The molecule has 0 saturated carbocycles. The third-order valence-corrected chi connectivity index (χ3v) is 2.58. The van der Waals surface area contributed by atoms with E-state index in [1.807, 2.05) is 0 Å². The molecule has 1 aromatic carbocycles. The number of carboxylic acids is 1. The summed E-state index contributed by atoms with van der Waals surface area (Å²) in [7, 11) is 1.50. The quantitative estimate of drug-likeness (QED) is 0.735. The van der Waals surface area contributed by atoms with Gasteiger partial charge in [0.2, 0.25) is 5.91 Å². The van der Waals surface area contributed by atoms with E-state index in [0.29, 0.717) is 16.5 Å². The van der Waals surface area contributed by atoms with E-state index in [1.165, 1.54) is 14.0 Å². The highest BCUT2D eigenvalue weighted by atomic mass is 35.5. The summed E-state index contributed by atoms with van der Waals surface area (Å²) in [6, 6.07) is 4.02. The maximum Gasteiger partial charge on any atom is 0.325 e. The van der Waals surface area contributed by atoms with E-state index in [0.717, 1.165) is 0 Å². The smallest absolute Gasteiger partial charge is 0.325 e. The second-order valence-electron chi connectivity index (χ2n) is 3.83. The monoisotopic (exact) mass is 286 g/mol. The Morgan fingerprint density at radius 1 is 1.47 bits per heavy atom. The van der Waals surface area contributed by atoms with Gasteiger partial charge in [-0.15, -0.1) is 0 Å². The van der Waals surface area contributed by atoms with Crippen LogP contribution in [0.5, 0.6) is 5.75 Å². The molecule has 0 heterocycles. The molecule has 1 atom stereocenters. The van der Waals surface area contributed by atoms with Crippen molar-refractivity contribution in [3.63, 3.8) is 0 Å². The first-order chi connectivity index (χ1) is 8.93. The van der Waals surface area contributed by atoms with Crippen LogP contribution >= 0.6 is 11.6 Å². The van der Waals surface area contributed by atoms with Crippen LogP contribution in [0.15, 0.2) is 18.2 Å². The van der Waals surface area contributed by atoms with Gasteiger partial charge in [0.1, 0.15) is 11.8 Å². The lowest BCUT2D eigenvalue weighted by atomic mass is 10.3. The number of ether oxygens (including phenoxy) is 1. The van der Waals surface area contributed by atoms with Gasteiger partial charge >= 0.3 is 5.97 Å². The second kappa shape index (κ2) is 6.84. The molecule has 0 aliphatic rings. The number of carbonyl (C=O) groups is 2. The summed E-state index contributed by atoms with van der Waals surface area (Å²) in [5.41, 5.74) is 0.563. The zero-order chi connectivity index (χ0) is 14.4. The lowest BCUT2D eigenvalue weighted by Crippen LogP contribution is -2.41. The molecule has 0 fully saturated rings. The van der Waals surface area contributed by atoms with Gasteiger partial charge in [0.05, 0.1) is 19.3 Å². The molecule has 0 saturated heterocycles.